The highest BCUT2D eigenvalue weighted by Crippen LogP contribution is 2.33. The summed E-state index contributed by atoms with van der Waals surface area (Å²) in [7, 11) is 2.03. The van der Waals surface area contributed by atoms with Crippen molar-refractivity contribution >= 4 is 0 Å². The van der Waals surface area contributed by atoms with Crippen LogP contribution in [0.5, 0.6) is 0 Å². The van der Waals surface area contributed by atoms with Crippen molar-refractivity contribution in [1.82, 2.24) is 10.6 Å². The highest BCUT2D eigenvalue weighted by Gasteiger charge is 2.26. The third-order valence-electron chi connectivity index (χ3n) is 3.64. The standard InChI is InChI=1S/C12H24N2O/c1-13-12-9-15-8-11(12)7-14-6-2-3-10-4-5-10/h10-14H,2-9H2,1H3. The first-order valence-corrected chi connectivity index (χ1v) is 6.36. The van der Waals surface area contributed by atoms with E-state index in [4.69, 9.17) is 4.74 Å². The molecule has 0 radical (unpaired) electrons. The zero-order valence-corrected chi connectivity index (χ0v) is 9.80. The third-order valence-corrected chi connectivity index (χ3v) is 3.64. The molecule has 2 rings (SSSR count). The minimum absolute atomic E-state index is 0.556. The van der Waals surface area contributed by atoms with Crippen molar-refractivity contribution in [3.8, 4) is 0 Å². The van der Waals surface area contributed by atoms with Gasteiger partial charge in [-0.25, -0.2) is 0 Å². The number of nitrogens with one attached hydrogen (secondary N) is 2. The Kier molecular flexibility index (Phi) is 4.42. The van der Waals surface area contributed by atoms with Crippen molar-refractivity contribution in [1.29, 1.82) is 0 Å². The van der Waals surface area contributed by atoms with E-state index < -0.39 is 0 Å². The molecule has 15 heavy (non-hydrogen) atoms. The summed E-state index contributed by atoms with van der Waals surface area (Å²) < 4.78 is 5.46. The van der Waals surface area contributed by atoms with Gasteiger partial charge in [-0.15, -0.1) is 0 Å². The van der Waals surface area contributed by atoms with Crippen LogP contribution in [0.3, 0.4) is 0 Å². The van der Waals surface area contributed by atoms with Crippen LogP contribution in [-0.4, -0.2) is 39.4 Å². The predicted octanol–water partition coefficient (Wildman–Crippen LogP) is 1.00. The lowest BCUT2D eigenvalue weighted by atomic mass is 10.0. The summed E-state index contributed by atoms with van der Waals surface area (Å²) in [5.74, 6) is 1.74. The van der Waals surface area contributed by atoms with Gasteiger partial charge in [-0.05, 0) is 32.4 Å². The van der Waals surface area contributed by atoms with E-state index in [2.05, 4.69) is 10.6 Å². The Hall–Kier alpha value is -0.120. The molecule has 0 aromatic rings. The third kappa shape index (κ3) is 3.74. The van der Waals surface area contributed by atoms with Gasteiger partial charge in [0, 0.05) is 18.5 Å². The molecule has 1 aliphatic carbocycles. The normalized spacial score (nSPS) is 31.0. The molecule has 0 bridgehead atoms. The monoisotopic (exact) mass is 212 g/mol. The first kappa shape index (κ1) is 11.4. The van der Waals surface area contributed by atoms with E-state index in [0.29, 0.717) is 12.0 Å². The first-order chi connectivity index (χ1) is 7.40. The summed E-state index contributed by atoms with van der Waals surface area (Å²) in [5.41, 5.74) is 0. The van der Waals surface area contributed by atoms with Gasteiger partial charge in [-0.2, -0.15) is 0 Å². The summed E-state index contributed by atoms with van der Waals surface area (Å²) in [5, 5.41) is 6.87. The van der Waals surface area contributed by atoms with Crippen molar-refractivity contribution < 1.29 is 4.74 Å². The maximum Gasteiger partial charge on any atom is 0.0623 e. The molecule has 1 saturated carbocycles. The van der Waals surface area contributed by atoms with Gasteiger partial charge in [-0.1, -0.05) is 12.8 Å². The predicted molar refractivity (Wildman–Crippen MR) is 62.0 cm³/mol. The van der Waals surface area contributed by atoms with Gasteiger partial charge >= 0.3 is 0 Å². The maximum absolute atomic E-state index is 5.46. The molecular weight excluding hydrogens is 188 g/mol. The fraction of sp³-hybridized carbons (Fsp3) is 1.00. The molecule has 2 atom stereocenters. The Morgan fingerprint density at radius 1 is 1.27 bits per heavy atom. The number of rotatable bonds is 7. The number of hydrogen-bond acceptors (Lipinski definition) is 3. The van der Waals surface area contributed by atoms with Crippen molar-refractivity contribution in [2.24, 2.45) is 11.8 Å². The minimum Gasteiger partial charge on any atom is -0.379 e. The zero-order valence-electron chi connectivity index (χ0n) is 9.80. The van der Waals surface area contributed by atoms with Gasteiger partial charge in [0.1, 0.15) is 0 Å². The highest BCUT2D eigenvalue weighted by molar-refractivity contribution is 4.81. The molecule has 0 aromatic heterocycles. The van der Waals surface area contributed by atoms with Crippen LogP contribution in [0.1, 0.15) is 25.7 Å². The highest BCUT2D eigenvalue weighted by atomic mass is 16.5. The number of hydrogen-bond donors (Lipinski definition) is 2. The summed E-state index contributed by atoms with van der Waals surface area (Å²) in [4.78, 5) is 0. The van der Waals surface area contributed by atoms with Crippen molar-refractivity contribution in [2.75, 3.05) is 33.4 Å². The molecule has 1 saturated heterocycles. The lowest BCUT2D eigenvalue weighted by Crippen LogP contribution is -2.38. The average Bonchev–Trinajstić information content (AvgIpc) is 2.96. The number of likely N-dealkylation sites (N-methyl/N-ethyl adjacent to an activating group) is 1. The van der Waals surface area contributed by atoms with Crippen LogP contribution < -0.4 is 10.6 Å². The van der Waals surface area contributed by atoms with E-state index in [1.807, 2.05) is 7.05 Å². The molecule has 2 aliphatic rings. The maximum atomic E-state index is 5.46. The number of ether oxygens (including phenoxy) is 1. The first-order valence-electron chi connectivity index (χ1n) is 6.36. The van der Waals surface area contributed by atoms with Crippen LogP contribution in [-0.2, 0) is 4.74 Å². The Balaban J connectivity index is 1.48. The van der Waals surface area contributed by atoms with Crippen molar-refractivity contribution in [2.45, 2.75) is 31.7 Å². The molecule has 2 N–H and O–H groups in total. The summed E-state index contributed by atoms with van der Waals surface area (Å²) in [6, 6.07) is 0.556. The van der Waals surface area contributed by atoms with E-state index in [1.165, 1.54) is 32.2 Å². The van der Waals surface area contributed by atoms with Crippen LogP contribution in [0.2, 0.25) is 0 Å². The van der Waals surface area contributed by atoms with E-state index in [-0.39, 0.29) is 0 Å². The van der Waals surface area contributed by atoms with Gasteiger partial charge in [-0.3, -0.25) is 0 Å². The Bertz CT molecular complexity index is 182. The van der Waals surface area contributed by atoms with Crippen molar-refractivity contribution in [3.63, 3.8) is 0 Å². The van der Waals surface area contributed by atoms with E-state index in [1.54, 1.807) is 0 Å². The van der Waals surface area contributed by atoms with Gasteiger partial charge in [0.05, 0.1) is 13.2 Å². The van der Waals surface area contributed by atoms with Gasteiger partial charge in [0.25, 0.3) is 0 Å². The van der Waals surface area contributed by atoms with Crippen LogP contribution >= 0.6 is 0 Å². The Morgan fingerprint density at radius 2 is 2.13 bits per heavy atom. The van der Waals surface area contributed by atoms with Gasteiger partial charge < -0.3 is 15.4 Å². The molecule has 0 aromatic carbocycles. The minimum atomic E-state index is 0.556. The van der Waals surface area contributed by atoms with E-state index in [0.717, 1.165) is 25.7 Å². The van der Waals surface area contributed by atoms with Crippen molar-refractivity contribution in [3.05, 3.63) is 0 Å². The van der Waals surface area contributed by atoms with E-state index >= 15 is 0 Å². The lowest BCUT2D eigenvalue weighted by molar-refractivity contribution is 0.182. The molecule has 1 heterocycles. The second-order valence-corrected chi connectivity index (χ2v) is 4.98. The molecule has 88 valence electrons. The van der Waals surface area contributed by atoms with Gasteiger partial charge in [0.2, 0.25) is 0 Å². The van der Waals surface area contributed by atoms with Crippen LogP contribution in [0.4, 0.5) is 0 Å². The molecule has 0 amide bonds. The summed E-state index contributed by atoms with van der Waals surface area (Å²) in [6.07, 6.45) is 5.75. The fourth-order valence-corrected chi connectivity index (χ4v) is 2.33. The molecule has 0 spiro atoms. The summed E-state index contributed by atoms with van der Waals surface area (Å²) in [6.45, 7) is 4.09. The van der Waals surface area contributed by atoms with Crippen LogP contribution in [0, 0.1) is 11.8 Å². The second-order valence-electron chi connectivity index (χ2n) is 4.98. The average molecular weight is 212 g/mol. The molecule has 1 aliphatic heterocycles. The Labute approximate surface area is 93.0 Å². The SMILES string of the molecule is CNC1COCC1CNCCCC1CC1. The molecule has 3 heteroatoms. The van der Waals surface area contributed by atoms with Crippen LogP contribution in [0.15, 0.2) is 0 Å². The molecule has 2 unspecified atom stereocenters. The molecular formula is C12H24N2O. The topological polar surface area (TPSA) is 33.3 Å². The molecule has 2 fully saturated rings. The quantitative estimate of drug-likeness (QED) is 0.618. The fourth-order valence-electron chi connectivity index (χ4n) is 2.33. The molecule has 3 nitrogen and oxygen atoms in total. The van der Waals surface area contributed by atoms with Crippen LogP contribution in [0.25, 0.3) is 0 Å². The largest absolute Gasteiger partial charge is 0.379 e. The second kappa shape index (κ2) is 5.83. The summed E-state index contributed by atoms with van der Waals surface area (Å²) >= 11 is 0. The smallest absolute Gasteiger partial charge is 0.0623 e. The van der Waals surface area contributed by atoms with Gasteiger partial charge in [0.15, 0.2) is 0 Å². The zero-order chi connectivity index (χ0) is 10.5. The Morgan fingerprint density at radius 3 is 2.87 bits per heavy atom. The lowest BCUT2D eigenvalue weighted by Gasteiger charge is -2.17. The van der Waals surface area contributed by atoms with E-state index in [9.17, 15) is 0 Å².